The molecule has 1 aromatic carbocycles. The number of hydrogen-bond acceptors (Lipinski definition) is 3. The summed E-state index contributed by atoms with van der Waals surface area (Å²) in [5.41, 5.74) is 1.14. The van der Waals surface area contributed by atoms with Gasteiger partial charge in [0.15, 0.2) is 0 Å². The molecular weight excluding hydrogens is 242 g/mol. The van der Waals surface area contributed by atoms with E-state index in [1.165, 1.54) is 19.2 Å². The zero-order valence-electron chi connectivity index (χ0n) is 10.3. The van der Waals surface area contributed by atoms with Crippen LogP contribution in [0.2, 0.25) is 0 Å². The van der Waals surface area contributed by atoms with Gasteiger partial charge in [-0.3, -0.25) is 9.59 Å². The first kappa shape index (κ1) is 12.6. The van der Waals surface area contributed by atoms with E-state index in [-0.39, 0.29) is 11.3 Å². The van der Waals surface area contributed by atoms with Gasteiger partial charge < -0.3 is 5.32 Å². The highest BCUT2D eigenvalue weighted by atomic mass is 16.2. The third-order valence-corrected chi connectivity index (χ3v) is 2.48. The minimum Gasteiger partial charge on any atom is -0.321 e. The Kier molecular flexibility index (Phi) is 3.44. The van der Waals surface area contributed by atoms with E-state index in [4.69, 9.17) is 6.42 Å². The molecule has 2 rings (SSSR count). The molecule has 0 saturated heterocycles. The molecule has 5 heteroatoms. The van der Waals surface area contributed by atoms with Crippen LogP contribution in [-0.4, -0.2) is 15.7 Å². The van der Waals surface area contributed by atoms with Crippen molar-refractivity contribution in [1.29, 1.82) is 0 Å². The average molecular weight is 253 g/mol. The summed E-state index contributed by atoms with van der Waals surface area (Å²) >= 11 is 0. The number of terminal acetylenes is 1. The first-order chi connectivity index (χ1) is 9.10. The Hall–Kier alpha value is -2.87. The van der Waals surface area contributed by atoms with E-state index in [2.05, 4.69) is 16.3 Å². The lowest BCUT2D eigenvalue weighted by atomic mass is 10.2. The molecule has 94 valence electrons. The number of carbonyl (C=O) groups is 1. The van der Waals surface area contributed by atoms with Crippen molar-refractivity contribution in [2.75, 3.05) is 5.32 Å². The van der Waals surface area contributed by atoms with Gasteiger partial charge in [0.2, 0.25) is 0 Å². The minimum atomic E-state index is -0.398. The van der Waals surface area contributed by atoms with Crippen LogP contribution < -0.4 is 10.9 Å². The topological polar surface area (TPSA) is 64.0 Å². The van der Waals surface area contributed by atoms with Crippen molar-refractivity contribution >= 4 is 11.6 Å². The third kappa shape index (κ3) is 2.87. The molecule has 1 aromatic heterocycles. The van der Waals surface area contributed by atoms with Crippen LogP contribution in [-0.2, 0) is 7.05 Å². The maximum atomic E-state index is 11.9. The molecule has 0 radical (unpaired) electrons. The normalized spacial score (nSPS) is 9.68. The van der Waals surface area contributed by atoms with Crippen molar-refractivity contribution in [3.63, 3.8) is 0 Å². The summed E-state index contributed by atoms with van der Waals surface area (Å²) in [5.74, 6) is 2.09. The fourth-order valence-corrected chi connectivity index (χ4v) is 1.51. The van der Waals surface area contributed by atoms with E-state index >= 15 is 0 Å². The number of nitrogens with zero attached hydrogens (tertiary/aromatic N) is 2. The van der Waals surface area contributed by atoms with Gasteiger partial charge in [-0.25, -0.2) is 4.68 Å². The van der Waals surface area contributed by atoms with Crippen LogP contribution in [0.3, 0.4) is 0 Å². The zero-order valence-corrected chi connectivity index (χ0v) is 10.3. The van der Waals surface area contributed by atoms with E-state index in [0.717, 1.165) is 4.68 Å². The second-order valence-corrected chi connectivity index (χ2v) is 3.86. The van der Waals surface area contributed by atoms with Crippen LogP contribution in [0.15, 0.2) is 41.2 Å². The highest BCUT2D eigenvalue weighted by Crippen LogP contribution is 2.10. The molecule has 0 atom stereocenters. The number of anilines is 1. The van der Waals surface area contributed by atoms with Crippen molar-refractivity contribution in [2.24, 2.45) is 7.05 Å². The van der Waals surface area contributed by atoms with Crippen molar-refractivity contribution in [3.05, 3.63) is 58.0 Å². The molecular formula is C14H11N3O2. The van der Waals surface area contributed by atoms with Gasteiger partial charge in [-0.15, -0.1) is 6.42 Å². The number of hydrogen-bond donors (Lipinski definition) is 1. The molecule has 0 aliphatic carbocycles. The first-order valence-electron chi connectivity index (χ1n) is 5.52. The predicted molar refractivity (Wildman–Crippen MR) is 71.8 cm³/mol. The summed E-state index contributed by atoms with van der Waals surface area (Å²) in [6.45, 7) is 0. The molecule has 1 N–H and O–H groups in total. The van der Waals surface area contributed by atoms with Crippen LogP contribution in [0.1, 0.15) is 16.1 Å². The van der Waals surface area contributed by atoms with Crippen LogP contribution in [0.4, 0.5) is 5.69 Å². The predicted octanol–water partition coefficient (Wildman–Crippen LogP) is 1.01. The number of aromatic nitrogens is 2. The van der Waals surface area contributed by atoms with Gasteiger partial charge in [0, 0.05) is 24.4 Å². The molecule has 0 unspecified atom stereocenters. The molecule has 0 aliphatic heterocycles. The molecule has 5 nitrogen and oxygen atoms in total. The molecule has 1 heterocycles. The highest BCUT2D eigenvalue weighted by molar-refractivity contribution is 6.02. The van der Waals surface area contributed by atoms with Gasteiger partial charge in [-0.2, -0.15) is 5.10 Å². The quantitative estimate of drug-likeness (QED) is 0.812. The lowest BCUT2D eigenvalue weighted by molar-refractivity contribution is 0.102. The van der Waals surface area contributed by atoms with E-state index in [0.29, 0.717) is 11.3 Å². The second kappa shape index (κ2) is 5.19. The molecule has 0 spiro atoms. The first-order valence-corrected chi connectivity index (χ1v) is 5.52. The number of nitrogens with one attached hydrogen (secondary N) is 1. The number of amides is 1. The van der Waals surface area contributed by atoms with E-state index in [9.17, 15) is 9.59 Å². The van der Waals surface area contributed by atoms with Crippen LogP contribution in [0.25, 0.3) is 0 Å². The van der Waals surface area contributed by atoms with Crippen LogP contribution in [0.5, 0.6) is 0 Å². The Morgan fingerprint density at radius 1 is 1.37 bits per heavy atom. The zero-order chi connectivity index (χ0) is 13.8. The summed E-state index contributed by atoms with van der Waals surface area (Å²) < 4.78 is 1.10. The van der Waals surface area contributed by atoms with Gasteiger partial charge in [0.25, 0.3) is 11.5 Å². The van der Waals surface area contributed by atoms with E-state index in [1.54, 1.807) is 24.3 Å². The van der Waals surface area contributed by atoms with Crippen molar-refractivity contribution in [3.8, 4) is 12.3 Å². The number of carbonyl (C=O) groups excluding carboxylic acids is 1. The molecule has 1 amide bonds. The summed E-state index contributed by atoms with van der Waals surface area (Å²) in [6, 6.07) is 9.59. The monoisotopic (exact) mass is 253 g/mol. The number of benzene rings is 1. The lowest BCUT2D eigenvalue weighted by Gasteiger charge is -2.05. The average Bonchev–Trinajstić information content (AvgIpc) is 2.42. The second-order valence-electron chi connectivity index (χ2n) is 3.86. The standard InChI is InChI=1S/C14H11N3O2/c1-3-10-5-4-6-11(9-10)15-14(19)12-7-8-13(18)17(2)16-12/h1,4-9H,2H3,(H,15,19). The Labute approximate surface area is 109 Å². The number of aryl methyl sites for hydroxylation is 1. The Morgan fingerprint density at radius 3 is 2.84 bits per heavy atom. The van der Waals surface area contributed by atoms with Crippen molar-refractivity contribution in [1.82, 2.24) is 9.78 Å². The van der Waals surface area contributed by atoms with E-state index in [1.807, 2.05) is 0 Å². The van der Waals surface area contributed by atoms with Gasteiger partial charge in [0.05, 0.1) is 0 Å². The molecule has 0 bridgehead atoms. The molecule has 0 aliphatic rings. The molecule has 0 saturated carbocycles. The maximum absolute atomic E-state index is 11.9. The lowest BCUT2D eigenvalue weighted by Crippen LogP contribution is -2.23. The summed E-state index contributed by atoms with van der Waals surface area (Å²) in [6.07, 6.45) is 5.28. The Morgan fingerprint density at radius 2 is 2.16 bits per heavy atom. The molecule has 19 heavy (non-hydrogen) atoms. The SMILES string of the molecule is C#Cc1cccc(NC(=O)c2ccc(=O)n(C)n2)c1. The summed E-state index contributed by atoms with van der Waals surface area (Å²) in [4.78, 5) is 23.1. The summed E-state index contributed by atoms with van der Waals surface area (Å²) in [5, 5.41) is 6.53. The molecule has 2 aromatic rings. The smallest absolute Gasteiger partial charge is 0.276 e. The van der Waals surface area contributed by atoms with Crippen molar-refractivity contribution in [2.45, 2.75) is 0 Å². The van der Waals surface area contributed by atoms with Gasteiger partial charge in [-0.1, -0.05) is 12.0 Å². The summed E-state index contributed by atoms with van der Waals surface area (Å²) in [7, 11) is 1.48. The highest BCUT2D eigenvalue weighted by Gasteiger charge is 2.08. The largest absolute Gasteiger partial charge is 0.321 e. The third-order valence-electron chi connectivity index (χ3n) is 2.48. The minimum absolute atomic E-state index is 0.160. The van der Waals surface area contributed by atoms with Gasteiger partial charge in [-0.05, 0) is 24.3 Å². The fourth-order valence-electron chi connectivity index (χ4n) is 1.51. The Balaban J connectivity index is 2.23. The van der Waals surface area contributed by atoms with Gasteiger partial charge in [0.1, 0.15) is 5.69 Å². The van der Waals surface area contributed by atoms with Crippen LogP contribution >= 0.6 is 0 Å². The van der Waals surface area contributed by atoms with Crippen molar-refractivity contribution < 1.29 is 4.79 Å². The maximum Gasteiger partial charge on any atom is 0.276 e. The van der Waals surface area contributed by atoms with E-state index < -0.39 is 5.91 Å². The Bertz CT molecular complexity index is 726. The number of rotatable bonds is 2. The molecule has 0 fully saturated rings. The fraction of sp³-hybridized carbons (Fsp3) is 0.0714. The van der Waals surface area contributed by atoms with Crippen LogP contribution in [0, 0.1) is 12.3 Å². The van der Waals surface area contributed by atoms with Gasteiger partial charge >= 0.3 is 0 Å².